The maximum Gasteiger partial charge on any atom is 0.347 e. The Labute approximate surface area is 68.8 Å². The van der Waals surface area contributed by atoms with Gasteiger partial charge in [0.2, 0.25) is 0 Å². The van der Waals surface area contributed by atoms with E-state index in [-0.39, 0.29) is 6.73 Å². The van der Waals surface area contributed by atoms with Crippen molar-refractivity contribution in [2.24, 2.45) is 5.84 Å². The zero-order valence-electron chi connectivity index (χ0n) is 6.51. The van der Waals surface area contributed by atoms with E-state index in [0.717, 1.165) is 0 Å². The first kappa shape index (κ1) is 10.5. The molecule has 0 fully saturated rings. The van der Waals surface area contributed by atoms with Crippen LogP contribution in [-0.4, -0.2) is 25.9 Å². The van der Waals surface area contributed by atoms with E-state index in [1.165, 1.54) is 7.11 Å². The highest BCUT2D eigenvalue weighted by molar-refractivity contribution is 5.79. The van der Waals surface area contributed by atoms with Gasteiger partial charge in [0.1, 0.15) is 6.73 Å². The smallest absolute Gasteiger partial charge is 0.347 e. The van der Waals surface area contributed by atoms with Gasteiger partial charge in [-0.25, -0.2) is 26.3 Å². The third-order valence-electron chi connectivity index (χ3n) is 0.798. The lowest BCUT2D eigenvalue weighted by Crippen LogP contribution is -2.52. The van der Waals surface area contributed by atoms with Crippen LogP contribution in [0.15, 0.2) is 0 Å². The largest absolute Gasteiger partial charge is 0.364 e. The molecule has 12 heavy (non-hydrogen) atoms. The summed E-state index contributed by atoms with van der Waals surface area (Å²) in [7, 11) is 1.42. The SMILES string of the molecule is COCNC(=O)NNC(=O)NN. The fraction of sp³-hybridized carbons (Fsp3) is 0.500. The highest BCUT2D eigenvalue weighted by Crippen LogP contribution is 1.62. The van der Waals surface area contributed by atoms with Gasteiger partial charge in [0, 0.05) is 7.11 Å². The van der Waals surface area contributed by atoms with Gasteiger partial charge >= 0.3 is 12.1 Å². The highest BCUT2D eigenvalue weighted by atomic mass is 16.5. The molecule has 0 heterocycles. The number of nitrogens with one attached hydrogen (secondary N) is 4. The van der Waals surface area contributed by atoms with Crippen molar-refractivity contribution >= 4 is 12.1 Å². The van der Waals surface area contributed by atoms with Crippen molar-refractivity contribution in [3.8, 4) is 0 Å². The number of carbonyl (C=O) groups is 2. The molecule has 0 aliphatic rings. The summed E-state index contributed by atoms with van der Waals surface area (Å²) in [4.78, 5) is 21.0. The van der Waals surface area contributed by atoms with Crippen LogP contribution < -0.4 is 27.4 Å². The van der Waals surface area contributed by atoms with Crippen LogP contribution in [0.4, 0.5) is 9.59 Å². The van der Waals surface area contributed by atoms with Crippen LogP contribution >= 0.6 is 0 Å². The van der Waals surface area contributed by atoms with Gasteiger partial charge in [0.05, 0.1) is 0 Å². The molecule has 0 atom stereocenters. The first-order chi connectivity index (χ1) is 5.70. The second-order valence-electron chi connectivity index (χ2n) is 1.66. The van der Waals surface area contributed by atoms with Crippen molar-refractivity contribution in [3.63, 3.8) is 0 Å². The summed E-state index contributed by atoms with van der Waals surface area (Å²) >= 11 is 0. The molecule has 8 heteroatoms. The average Bonchev–Trinajstić information content (AvgIpc) is 2.10. The minimum atomic E-state index is -0.720. The molecule has 0 radical (unpaired) electrons. The Bertz CT molecular complexity index is 161. The Hall–Kier alpha value is -1.54. The lowest BCUT2D eigenvalue weighted by Gasteiger charge is -2.06. The van der Waals surface area contributed by atoms with Gasteiger partial charge in [-0.3, -0.25) is 5.43 Å². The highest BCUT2D eigenvalue weighted by Gasteiger charge is 1.99. The van der Waals surface area contributed by atoms with E-state index in [2.05, 4.69) is 10.1 Å². The molecule has 0 bridgehead atoms. The average molecular weight is 177 g/mol. The third kappa shape index (κ3) is 5.26. The summed E-state index contributed by atoms with van der Waals surface area (Å²) in [5.41, 5.74) is 5.70. The molecule has 0 spiro atoms. The number of hydrogen-bond acceptors (Lipinski definition) is 4. The van der Waals surface area contributed by atoms with Gasteiger partial charge in [0.15, 0.2) is 0 Å². The number of hydrazine groups is 2. The molecule has 0 aliphatic carbocycles. The van der Waals surface area contributed by atoms with Gasteiger partial charge in [-0.15, -0.1) is 0 Å². The zero-order valence-corrected chi connectivity index (χ0v) is 6.51. The molecule has 4 amide bonds. The summed E-state index contributed by atoms with van der Waals surface area (Å²) in [5, 5.41) is 2.26. The van der Waals surface area contributed by atoms with Crippen LogP contribution in [0.1, 0.15) is 0 Å². The number of urea groups is 2. The number of ether oxygens (including phenoxy) is 1. The Kier molecular flexibility index (Phi) is 5.39. The number of hydrogen-bond donors (Lipinski definition) is 5. The second-order valence-corrected chi connectivity index (χ2v) is 1.66. The van der Waals surface area contributed by atoms with Crippen LogP contribution in [0.25, 0.3) is 0 Å². The predicted octanol–water partition coefficient (Wildman–Crippen LogP) is -2.02. The van der Waals surface area contributed by atoms with Gasteiger partial charge in [-0.1, -0.05) is 0 Å². The monoisotopic (exact) mass is 177 g/mol. The van der Waals surface area contributed by atoms with Crippen molar-refractivity contribution < 1.29 is 14.3 Å². The molecule has 0 saturated heterocycles. The minimum Gasteiger partial charge on any atom is -0.364 e. The van der Waals surface area contributed by atoms with Gasteiger partial charge in [-0.2, -0.15) is 0 Å². The summed E-state index contributed by atoms with van der Waals surface area (Å²) in [5.74, 6) is 4.70. The van der Waals surface area contributed by atoms with Gasteiger partial charge in [0.25, 0.3) is 0 Å². The molecule has 0 aromatic heterocycles. The van der Waals surface area contributed by atoms with Crippen molar-refractivity contribution in [2.45, 2.75) is 0 Å². The van der Waals surface area contributed by atoms with Crippen LogP contribution in [0.2, 0.25) is 0 Å². The molecule has 0 unspecified atom stereocenters. The molecular formula is C4H11N5O3. The fourth-order valence-corrected chi connectivity index (χ4v) is 0.332. The second kappa shape index (κ2) is 6.19. The Morgan fingerprint density at radius 3 is 2.42 bits per heavy atom. The van der Waals surface area contributed by atoms with Crippen molar-refractivity contribution in [3.05, 3.63) is 0 Å². The number of amides is 4. The van der Waals surface area contributed by atoms with Crippen molar-refractivity contribution in [2.75, 3.05) is 13.8 Å². The van der Waals surface area contributed by atoms with Gasteiger partial charge in [-0.05, 0) is 0 Å². The lowest BCUT2D eigenvalue weighted by atomic mass is 10.9. The van der Waals surface area contributed by atoms with E-state index in [1.54, 1.807) is 5.43 Å². The maximum absolute atomic E-state index is 10.6. The summed E-state index contributed by atoms with van der Waals surface area (Å²) in [6.07, 6.45) is 0. The summed E-state index contributed by atoms with van der Waals surface area (Å²) < 4.78 is 4.52. The lowest BCUT2D eigenvalue weighted by molar-refractivity contribution is 0.170. The molecule has 8 nitrogen and oxygen atoms in total. The fourth-order valence-electron chi connectivity index (χ4n) is 0.332. The van der Waals surface area contributed by atoms with E-state index in [4.69, 9.17) is 5.84 Å². The summed E-state index contributed by atoms with van der Waals surface area (Å²) in [6.45, 7) is 0.0533. The topological polar surface area (TPSA) is 118 Å². The number of carbonyl (C=O) groups excluding carboxylic acids is 2. The molecule has 0 aromatic carbocycles. The molecule has 0 aliphatic heterocycles. The van der Waals surface area contributed by atoms with Crippen LogP contribution in [0, 0.1) is 0 Å². The predicted molar refractivity (Wildman–Crippen MR) is 39.4 cm³/mol. The minimum absolute atomic E-state index is 0.0533. The quantitative estimate of drug-likeness (QED) is 0.145. The van der Waals surface area contributed by atoms with E-state index < -0.39 is 12.1 Å². The van der Waals surface area contributed by atoms with E-state index >= 15 is 0 Å². The van der Waals surface area contributed by atoms with Gasteiger partial charge < -0.3 is 10.1 Å². The van der Waals surface area contributed by atoms with Crippen LogP contribution in [0.5, 0.6) is 0 Å². The number of methoxy groups -OCH3 is 1. The molecule has 0 saturated carbocycles. The Balaban J connectivity index is 3.37. The molecule has 6 N–H and O–H groups in total. The zero-order chi connectivity index (χ0) is 9.40. The van der Waals surface area contributed by atoms with Crippen LogP contribution in [-0.2, 0) is 4.74 Å². The number of nitrogens with two attached hydrogens (primary N) is 1. The van der Waals surface area contributed by atoms with E-state index in [1.807, 2.05) is 10.9 Å². The molecule has 0 aromatic rings. The summed E-state index contributed by atoms with van der Waals surface area (Å²) in [6, 6.07) is -1.32. The normalized spacial score (nSPS) is 8.50. The first-order valence-electron chi connectivity index (χ1n) is 3.00. The molecule has 70 valence electrons. The van der Waals surface area contributed by atoms with E-state index in [0.29, 0.717) is 0 Å². The standard InChI is InChI=1S/C4H11N5O3/c1-12-2-6-3(10)8-9-4(11)7-5/h2,5H2,1H3,(H2,6,8,10)(H2,7,9,11). The Morgan fingerprint density at radius 1 is 1.33 bits per heavy atom. The third-order valence-corrected chi connectivity index (χ3v) is 0.798. The first-order valence-corrected chi connectivity index (χ1v) is 3.00. The molecule has 0 rings (SSSR count). The van der Waals surface area contributed by atoms with Crippen molar-refractivity contribution in [1.29, 1.82) is 0 Å². The molecular weight excluding hydrogens is 166 g/mol. The maximum atomic E-state index is 10.6. The number of rotatable bonds is 2. The van der Waals surface area contributed by atoms with Crippen LogP contribution in [0.3, 0.4) is 0 Å². The van der Waals surface area contributed by atoms with E-state index in [9.17, 15) is 9.59 Å². The van der Waals surface area contributed by atoms with Crippen molar-refractivity contribution in [1.82, 2.24) is 21.6 Å². The Morgan fingerprint density at radius 2 is 1.92 bits per heavy atom.